The summed E-state index contributed by atoms with van der Waals surface area (Å²) >= 11 is 5.86. The van der Waals surface area contributed by atoms with Gasteiger partial charge >= 0.3 is 5.76 Å². The highest BCUT2D eigenvalue weighted by atomic mass is 35.5. The lowest BCUT2D eigenvalue weighted by molar-refractivity contribution is -0.116. The molecule has 0 fully saturated rings. The van der Waals surface area contributed by atoms with Gasteiger partial charge in [0.1, 0.15) is 5.75 Å². The highest BCUT2D eigenvalue weighted by Crippen LogP contribution is 2.24. The van der Waals surface area contributed by atoms with Crippen LogP contribution in [0.25, 0.3) is 11.1 Å². The molecule has 0 aliphatic carbocycles. The Morgan fingerprint density at radius 2 is 2.08 bits per heavy atom. The molecule has 0 unspecified atom stereocenters. The van der Waals surface area contributed by atoms with Gasteiger partial charge in [0, 0.05) is 24.1 Å². The Balaban J connectivity index is 1.73. The lowest BCUT2D eigenvalue weighted by atomic mass is 10.2. The summed E-state index contributed by atoms with van der Waals surface area (Å²) in [6.45, 7) is 2.00. The van der Waals surface area contributed by atoms with Crippen molar-refractivity contribution in [3.8, 4) is 5.75 Å². The number of phenolic OH excluding ortho intramolecular Hbond substituents is 1. The topological polar surface area (TPSA) is 84.5 Å². The van der Waals surface area contributed by atoms with E-state index in [1.165, 1.54) is 4.57 Å². The van der Waals surface area contributed by atoms with E-state index in [0.29, 0.717) is 21.8 Å². The summed E-state index contributed by atoms with van der Waals surface area (Å²) in [7, 11) is 0. The molecule has 0 saturated carbocycles. The number of anilines is 1. The Labute approximate surface area is 142 Å². The van der Waals surface area contributed by atoms with Gasteiger partial charge in [-0.15, -0.1) is 0 Å². The number of nitrogens with one attached hydrogen (secondary N) is 1. The number of hydrogen-bond acceptors (Lipinski definition) is 4. The number of hydrogen-bond donors (Lipinski definition) is 2. The second-order valence-corrected chi connectivity index (χ2v) is 5.89. The van der Waals surface area contributed by atoms with Crippen molar-refractivity contribution in [1.82, 2.24) is 4.57 Å². The minimum atomic E-state index is -0.543. The van der Waals surface area contributed by atoms with Crippen LogP contribution in [0.3, 0.4) is 0 Å². The maximum Gasteiger partial charge on any atom is 0.419 e. The molecule has 0 bridgehead atoms. The monoisotopic (exact) mass is 346 g/mol. The van der Waals surface area contributed by atoms with Gasteiger partial charge in [0.2, 0.25) is 5.91 Å². The first-order valence-electron chi connectivity index (χ1n) is 7.32. The highest BCUT2D eigenvalue weighted by Gasteiger charge is 2.12. The Bertz CT molecular complexity index is 974. The molecule has 7 heteroatoms. The van der Waals surface area contributed by atoms with Crippen molar-refractivity contribution in [2.75, 3.05) is 5.32 Å². The van der Waals surface area contributed by atoms with E-state index in [1.54, 1.807) is 36.4 Å². The van der Waals surface area contributed by atoms with Gasteiger partial charge in [-0.25, -0.2) is 4.79 Å². The van der Waals surface area contributed by atoms with E-state index in [4.69, 9.17) is 16.0 Å². The molecule has 1 amide bonds. The van der Waals surface area contributed by atoms with Gasteiger partial charge in [-0.1, -0.05) is 17.7 Å². The fourth-order valence-corrected chi connectivity index (χ4v) is 2.59. The number of benzene rings is 2. The Hall–Kier alpha value is -2.73. The number of aromatic hydroxyl groups is 1. The van der Waals surface area contributed by atoms with Crippen molar-refractivity contribution in [1.29, 1.82) is 0 Å². The average molecular weight is 347 g/mol. The van der Waals surface area contributed by atoms with Crippen LogP contribution in [0, 0.1) is 6.92 Å². The van der Waals surface area contributed by atoms with E-state index in [-0.39, 0.29) is 24.6 Å². The van der Waals surface area contributed by atoms with Gasteiger partial charge in [-0.2, -0.15) is 0 Å². The van der Waals surface area contributed by atoms with Gasteiger partial charge < -0.3 is 14.8 Å². The second kappa shape index (κ2) is 6.41. The normalized spacial score (nSPS) is 10.9. The average Bonchev–Trinajstić information content (AvgIpc) is 2.82. The molecule has 2 N–H and O–H groups in total. The maximum absolute atomic E-state index is 12.1. The Morgan fingerprint density at radius 3 is 2.83 bits per heavy atom. The number of halogens is 1. The van der Waals surface area contributed by atoms with Crippen LogP contribution in [-0.4, -0.2) is 15.6 Å². The van der Waals surface area contributed by atoms with E-state index in [0.717, 1.165) is 5.56 Å². The van der Waals surface area contributed by atoms with Crippen LogP contribution in [0.2, 0.25) is 5.02 Å². The van der Waals surface area contributed by atoms with E-state index >= 15 is 0 Å². The summed E-state index contributed by atoms with van der Waals surface area (Å²) < 4.78 is 6.49. The fraction of sp³-hybridized carbons (Fsp3) is 0.176. The number of nitrogens with zero attached hydrogens (tertiary/aromatic N) is 1. The van der Waals surface area contributed by atoms with Crippen LogP contribution < -0.4 is 11.1 Å². The van der Waals surface area contributed by atoms with E-state index in [1.807, 2.05) is 6.92 Å². The molecule has 2 aromatic carbocycles. The molecule has 0 spiro atoms. The number of amides is 1. The minimum Gasteiger partial charge on any atom is -0.506 e. The number of carbonyl (C=O) groups is 1. The van der Waals surface area contributed by atoms with Gasteiger partial charge in [-0.3, -0.25) is 9.36 Å². The summed E-state index contributed by atoms with van der Waals surface area (Å²) in [5, 5.41) is 12.9. The van der Waals surface area contributed by atoms with Gasteiger partial charge in [0.15, 0.2) is 5.58 Å². The third-order valence-corrected chi connectivity index (χ3v) is 3.86. The number of oxazole rings is 1. The van der Waals surface area contributed by atoms with Crippen molar-refractivity contribution in [2.45, 2.75) is 19.9 Å². The first-order valence-corrected chi connectivity index (χ1v) is 7.70. The third-order valence-electron chi connectivity index (χ3n) is 3.62. The zero-order valence-corrected chi connectivity index (χ0v) is 13.6. The molecular formula is C17H15ClN2O4. The van der Waals surface area contributed by atoms with Crippen molar-refractivity contribution in [3.05, 3.63) is 57.5 Å². The highest BCUT2D eigenvalue weighted by molar-refractivity contribution is 6.31. The Morgan fingerprint density at radius 1 is 1.29 bits per heavy atom. The summed E-state index contributed by atoms with van der Waals surface area (Å²) in [5.74, 6) is -0.855. The minimum absolute atomic E-state index is 0.00363. The van der Waals surface area contributed by atoms with Crippen molar-refractivity contribution < 1.29 is 14.3 Å². The molecule has 0 aliphatic heterocycles. The molecular weight excluding hydrogens is 332 g/mol. The second-order valence-electron chi connectivity index (χ2n) is 5.45. The number of carbonyl (C=O) groups excluding carboxylic acids is 1. The molecule has 0 atom stereocenters. The number of aryl methyl sites for hydroxylation is 2. The predicted molar refractivity (Wildman–Crippen MR) is 91.6 cm³/mol. The third kappa shape index (κ3) is 3.28. The van der Waals surface area contributed by atoms with Crippen LogP contribution in [0.15, 0.2) is 45.6 Å². The van der Waals surface area contributed by atoms with Gasteiger partial charge in [0.25, 0.3) is 0 Å². The molecule has 1 aromatic heterocycles. The largest absolute Gasteiger partial charge is 0.506 e. The molecule has 0 saturated heterocycles. The zero-order chi connectivity index (χ0) is 17.3. The van der Waals surface area contributed by atoms with Gasteiger partial charge in [0.05, 0.1) is 11.2 Å². The molecule has 124 valence electrons. The lowest BCUT2D eigenvalue weighted by Gasteiger charge is -2.08. The lowest BCUT2D eigenvalue weighted by Crippen LogP contribution is -2.19. The molecule has 0 aliphatic rings. The van der Waals surface area contributed by atoms with Crippen molar-refractivity contribution in [2.24, 2.45) is 0 Å². The van der Waals surface area contributed by atoms with E-state index in [2.05, 4.69) is 5.32 Å². The van der Waals surface area contributed by atoms with Gasteiger partial charge in [-0.05, 0) is 36.8 Å². The van der Waals surface area contributed by atoms with Crippen LogP contribution >= 0.6 is 11.6 Å². The molecule has 3 aromatic rings. The molecule has 3 rings (SSSR count). The van der Waals surface area contributed by atoms with E-state index in [9.17, 15) is 14.7 Å². The summed E-state index contributed by atoms with van der Waals surface area (Å²) in [6, 6.07) is 9.86. The molecule has 6 nitrogen and oxygen atoms in total. The van der Waals surface area contributed by atoms with Crippen LogP contribution in [0.4, 0.5) is 5.69 Å². The summed E-state index contributed by atoms with van der Waals surface area (Å²) in [6.07, 6.45) is 0.0600. The van der Waals surface area contributed by atoms with Crippen molar-refractivity contribution >= 4 is 34.3 Å². The summed E-state index contributed by atoms with van der Waals surface area (Å²) in [4.78, 5) is 24.0. The Kier molecular flexibility index (Phi) is 4.31. The zero-order valence-electron chi connectivity index (χ0n) is 12.9. The van der Waals surface area contributed by atoms with Crippen LogP contribution in [0.5, 0.6) is 5.75 Å². The smallest absolute Gasteiger partial charge is 0.419 e. The molecule has 24 heavy (non-hydrogen) atoms. The number of phenols is 1. The number of rotatable bonds is 4. The first kappa shape index (κ1) is 16.1. The number of aromatic nitrogens is 1. The maximum atomic E-state index is 12.1. The van der Waals surface area contributed by atoms with Crippen molar-refractivity contribution in [3.63, 3.8) is 0 Å². The van der Waals surface area contributed by atoms with E-state index < -0.39 is 5.76 Å². The fourth-order valence-electron chi connectivity index (χ4n) is 2.43. The number of fused-ring (bicyclic) bond motifs is 1. The standard InChI is InChI=1S/C17H15ClN2O4/c1-10-2-4-12(14(21)8-10)19-16(22)6-7-20-13-5-3-11(18)9-15(13)24-17(20)23/h2-5,8-9,21H,6-7H2,1H3,(H,19,22). The molecule has 1 heterocycles. The quantitative estimate of drug-likeness (QED) is 0.710. The van der Waals surface area contributed by atoms with Crippen LogP contribution in [0.1, 0.15) is 12.0 Å². The van der Waals surface area contributed by atoms with Crippen LogP contribution in [-0.2, 0) is 11.3 Å². The first-order chi connectivity index (χ1) is 11.4. The predicted octanol–water partition coefficient (Wildman–Crippen LogP) is 3.29. The SMILES string of the molecule is Cc1ccc(NC(=O)CCn2c(=O)oc3cc(Cl)ccc32)c(O)c1. The summed E-state index contributed by atoms with van der Waals surface area (Å²) in [5.41, 5.74) is 2.18. The molecule has 0 radical (unpaired) electrons.